The van der Waals surface area contributed by atoms with Gasteiger partial charge in [-0.3, -0.25) is 9.78 Å². The number of aromatic nitrogens is 2. The van der Waals surface area contributed by atoms with E-state index in [1.54, 1.807) is 24.5 Å². The van der Waals surface area contributed by atoms with E-state index in [0.29, 0.717) is 28.8 Å². The zero-order chi connectivity index (χ0) is 16.4. The lowest BCUT2D eigenvalue weighted by Crippen LogP contribution is -2.27. The molecule has 1 aliphatic rings. The van der Waals surface area contributed by atoms with Gasteiger partial charge in [0.05, 0.1) is 5.69 Å². The molecule has 0 N–H and O–H groups in total. The highest BCUT2D eigenvalue weighted by molar-refractivity contribution is 5.98. The van der Waals surface area contributed by atoms with E-state index in [4.69, 9.17) is 5.26 Å². The molecule has 0 spiro atoms. The van der Waals surface area contributed by atoms with Gasteiger partial charge in [-0.1, -0.05) is 25.7 Å². The van der Waals surface area contributed by atoms with Crippen LogP contribution in [0.25, 0.3) is 0 Å². The molecular weight excluding hydrogens is 286 g/mol. The summed E-state index contributed by atoms with van der Waals surface area (Å²) in [5.74, 6) is 6.11. The molecule has 3 rings (SSSR count). The van der Waals surface area contributed by atoms with E-state index in [9.17, 15) is 4.79 Å². The second-order valence-corrected chi connectivity index (χ2v) is 6.45. The van der Waals surface area contributed by atoms with Gasteiger partial charge in [0.15, 0.2) is 5.78 Å². The van der Waals surface area contributed by atoms with E-state index in [1.807, 2.05) is 12.1 Å². The average Bonchev–Trinajstić information content (AvgIpc) is 2.52. The molecule has 2 heterocycles. The number of carbonyl (C=O) groups is 1. The first kappa shape index (κ1) is 14.9. The van der Waals surface area contributed by atoms with E-state index < -0.39 is 0 Å². The summed E-state index contributed by atoms with van der Waals surface area (Å²) in [5, 5.41) is 8.84. The second-order valence-electron chi connectivity index (χ2n) is 6.45. The quantitative estimate of drug-likeness (QED) is 0.702. The van der Waals surface area contributed by atoms with Crippen molar-refractivity contribution in [3.63, 3.8) is 0 Å². The van der Waals surface area contributed by atoms with Crippen LogP contribution in [0, 0.1) is 28.6 Å². The van der Waals surface area contributed by atoms with Gasteiger partial charge in [-0.2, -0.15) is 5.26 Å². The Hall–Kier alpha value is -2.98. The normalized spacial score (nSPS) is 15.1. The number of Topliss-reactive ketones (excluding diaryl/α,β-unsaturated/α-hetero) is 1. The Labute approximate surface area is 135 Å². The summed E-state index contributed by atoms with van der Waals surface area (Å²) in [7, 11) is 0. The lowest BCUT2D eigenvalue weighted by atomic mass is 9.75. The van der Waals surface area contributed by atoms with Crippen LogP contribution in [0.3, 0.4) is 0 Å². The summed E-state index contributed by atoms with van der Waals surface area (Å²) in [5.41, 5.74) is 3.25. The van der Waals surface area contributed by atoms with Crippen LogP contribution >= 0.6 is 0 Å². The first-order chi connectivity index (χ1) is 11.0. The SMILES string of the molecule is CC1(C)CC(=O)c2cc(C#Cc3ccnc(C#N)c3)cnc2C1. The van der Waals surface area contributed by atoms with Gasteiger partial charge in [0.25, 0.3) is 0 Å². The van der Waals surface area contributed by atoms with Gasteiger partial charge in [0, 0.05) is 35.5 Å². The molecule has 23 heavy (non-hydrogen) atoms. The topological polar surface area (TPSA) is 66.6 Å². The van der Waals surface area contributed by atoms with Crippen molar-refractivity contribution in [3.05, 3.63) is 58.7 Å². The third-order valence-corrected chi connectivity index (χ3v) is 3.78. The van der Waals surface area contributed by atoms with Gasteiger partial charge in [-0.05, 0) is 30.0 Å². The first-order valence-corrected chi connectivity index (χ1v) is 7.37. The molecule has 0 unspecified atom stereocenters. The Morgan fingerprint density at radius 2 is 1.91 bits per heavy atom. The number of hydrogen-bond acceptors (Lipinski definition) is 4. The maximum absolute atomic E-state index is 12.3. The van der Waals surface area contributed by atoms with E-state index in [1.165, 1.54) is 0 Å². The number of hydrogen-bond donors (Lipinski definition) is 0. The fourth-order valence-corrected chi connectivity index (χ4v) is 2.70. The molecule has 112 valence electrons. The van der Waals surface area contributed by atoms with Crippen LogP contribution in [-0.2, 0) is 6.42 Å². The molecule has 0 radical (unpaired) electrons. The highest BCUT2D eigenvalue weighted by atomic mass is 16.1. The molecule has 0 amide bonds. The van der Waals surface area contributed by atoms with Crippen molar-refractivity contribution >= 4 is 5.78 Å². The highest BCUT2D eigenvalue weighted by Gasteiger charge is 2.31. The molecule has 0 fully saturated rings. The van der Waals surface area contributed by atoms with E-state index in [-0.39, 0.29) is 11.2 Å². The van der Waals surface area contributed by atoms with Crippen molar-refractivity contribution in [1.82, 2.24) is 9.97 Å². The molecule has 0 aliphatic heterocycles. The third kappa shape index (κ3) is 3.27. The number of nitriles is 1. The van der Waals surface area contributed by atoms with Crippen LogP contribution in [0.1, 0.15) is 53.1 Å². The largest absolute Gasteiger partial charge is 0.294 e. The van der Waals surface area contributed by atoms with Crippen LogP contribution in [0.5, 0.6) is 0 Å². The molecule has 0 bridgehead atoms. The smallest absolute Gasteiger partial charge is 0.165 e. The predicted molar refractivity (Wildman–Crippen MR) is 85.6 cm³/mol. The number of rotatable bonds is 0. The van der Waals surface area contributed by atoms with Gasteiger partial charge >= 0.3 is 0 Å². The molecular formula is C19H15N3O. The summed E-state index contributed by atoms with van der Waals surface area (Å²) in [6.45, 7) is 4.17. The third-order valence-electron chi connectivity index (χ3n) is 3.78. The Kier molecular flexibility index (Phi) is 3.68. The van der Waals surface area contributed by atoms with Crippen LogP contribution in [0.4, 0.5) is 0 Å². The second kappa shape index (κ2) is 5.66. The van der Waals surface area contributed by atoms with Crippen LogP contribution in [-0.4, -0.2) is 15.8 Å². The summed E-state index contributed by atoms with van der Waals surface area (Å²) < 4.78 is 0. The molecule has 0 atom stereocenters. The standard InChI is InChI=1S/C19H15N3O/c1-19(2)9-17-16(18(23)10-19)8-14(12-22-17)4-3-13-5-6-21-15(7-13)11-20/h5-8,12H,9-10H2,1-2H3. The average molecular weight is 301 g/mol. The van der Waals surface area contributed by atoms with Crippen molar-refractivity contribution in [3.8, 4) is 17.9 Å². The summed E-state index contributed by atoms with van der Waals surface area (Å²) in [6.07, 6.45) is 4.60. The van der Waals surface area contributed by atoms with Crippen LogP contribution in [0.2, 0.25) is 0 Å². The van der Waals surface area contributed by atoms with Gasteiger partial charge in [-0.15, -0.1) is 0 Å². The first-order valence-electron chi connectivity index (χ1n) is 7.37. The Morgan fingerprint density at radius 3 is 2.70 bits per heavy atom. The molecule has 2 aromatic rings. The highest BCUT2D eigenvalue weighted by Crippen LogP contribution is 2.33. The molecule has 0 saturated heterocycles. The van der Waals surface area contributed by atoms with Crippen LogP contribution in [0.15, 0.2) is 30.6 Å². The Balaban J connectivity index is 1.92. The van der Waals surface area contributed by atoms with Gasteiger partial charge in [0.1, 0.15) is 11.8 Å². The zero-order valence-corrected chi connectivity index (χ0v) is 13.1. The van der Waals surface area contributed by atoms with Crippen molar-refractivity contribution in [2.75, 3.05) is 0 Å². The fourth-order valence-electron chi connectivity index (χ4n) is 2.70. The van der Waals surface area contributed by atoms with Crippen LogP contribution < -0.4 is 0 Å². The van der Waals surface area contributed by atoms with Crippen molar-refractivity contribution in [2.24, 2.45) is 5.41 Å². The molecule has 0 aromatic carbocycles. The monoisotopic (exact) mass is 301 g/mol. The Morgan fingerprint density at radius 1 is 1.13 bits per heavy atom. The van der Waals surface area contributed by atoms with Gasteiger partial charge in [-0.25, -0.2) is 4.98 Å². The molecule has 4 heteroatoms. The Bertz CT molecular complexity index is 895. The van der Waals surface area contributed by atoms with E-state index in [2.05, 4.69) is 35.7 Å². The number of carbonyl (C=O) groups excluding carboxylic acids is 1. The number of nitrogens with zero attached hydrogens (tertiary/aromatic N) is 3. The van der Waals surface area contributed by atoms with E-state index in [0.717, 1.165) is 12.1 Å². The summed E-state index contributed by atoms with van der Waals surface area (Å²) in [6, 6.07) is 7.18. The van der Waals surface area contributed by atoms with Crippen molar-refractivity contribution < 1.29 is 4.79 Å². The minimum Gasteiger partial charge on any atom is -0.294 e. The maximum Gasteiger partial charge on any atom is 0.165 e. The predicted octanol–water partition coefficient (Wildman–Crippen LogP) is 2.90. The van der Waals surface area contributed by atoms with Crippen molar-refractivity contribution in [2.45, 2.75) is 26.7 Å². The molecule has 4 nitrogen and oxygen atoms in total. The minimum atomic E-state index is -0.0327. The number of ketones is 1. The molecule has 2 aromatic heterocycles. The lowest BCUT2D eigenvalue weighted by molar-refractivity contribution is 0.0910. The van der Waals surface area contributed by atoms with Gasteiger partial charge < -0.3 is 0 Å². The summed E-state index contributed by atoms with van der Waals surface area (Å²) in [4.78, 5) is 20.6. The zero-order valence-electron chi connectivity index (χ0n) is 13.1. The van der Waals surface area contributed by atoms with Crippen molar-refractivity contribution in [1.29, 1.82) is 5.26 Å². The summed E-state index contributed by atoms with van der Waals surface area (Å²) >= 11 is 0. The van der Waals surface area contributed by atoms with Gasteiger partial charge in [0.2, 0.25) is 0 Å². The molecule has 0 saturated carbocycles. The number of fused-ring (bicyclic) bond motifs is 1. The fraction of sp³-hybridized carbons (Fsp3) is 0.263. The number of pyridine rings is 2. The van der Waals surface area contributed by atoms with E-state index >= 15 is 0 Å². The maximum atomic E-state index is 12.3. The molecule has 1 aliphatic carbocycles. The lowest BCUT2D eigenvalue weighted by Gasteiger charge is -2.29. The minimum absolute atomic E-state index is 0.0327.